The Morgan fingerprint density at radius 2 is 2.31 bits per heavy atom. The SMILES string of the molecule is CC1COc2cc(F)ccc2C1N. The molecule has 0 amide bonds. The number of rotatable bonds is 0. The highest BCUT2D eigenvalue weighted by atomic mass is 19.1. The molecule has 1 aliphatic heterocycles. The summed E-state index contributed by atoms with van der Waals surface area (Å²) in [6, 6.07) is 4.47. The molecule has 0 aromatic heterocycles. The van der Waals surface area contributed by atoms with Crippen LogP contribution in [0.5, 0.6) is 5.75 Å². The Labute approximate surface area is 76.5 Å². The average Bonchev–Trinajstić information content (AvgIpc) is 2.12. The molecule has 1 aromatic rings. The van der Waals surface area contributed by atoms with Crippen LogP contribution in [0.1, 0.15) is 18.5 Å². The molecule has 1 heterocycles. The molecule has 0 radical (unpaired) electrons. The summed E-state index contributed by atoms with van der Waals surface area (Å²) in [5.74, 6) is 0.601. The van der Waals surface area contributed by atoms with Crippen LogP contribution >= 0.6 is 0 Å². The lowest BCUT2D eigenvalue weighted by Crippen LogP contribution is -2.29. The highest BCUT2D eigenvalue weighted by Gasteiger charge is 2.24. The van der Waals surface area contributed by atoms with Gasteiger partial charge in [0, 0.05) is 23.6 Å². The third-order valence-electron chi connectivity index (χ3n) is 2.45. The van der Waals surface area contributed by atoms with Crippen LogP contribution in [0.2, 0.25) is 0 Å². The van der Waals surface area contributed by atoms with E-state index in [1.54, 1.807) is 6.07 Å². The van der Waals surface area contributed by atoms with E-state index in [2.05, 4.69) is 0 Å². The topological polar surface area (TPSA) is 35.2 Å². The Hall–Kier alpha value is -1.09. The van der Waals surface area contributed by atoms with Crippen LogP contribution in [0.3, 0.4) is 0 Å². The second kappa shape index (κ2) is 3.00. The normalized spacial score (nSPS) is 26.4. The van der Waals surface area contributed by atoms with Gasteiger partial charge in [-0.05, 0) is 6.07 Å². The molecule has 70 valence electrons. The summed E-state index contributed by atoms with van der Waals surface area (Å²) in [7, 11) is 0. The molecular weight excluding hydrogens is 169 g/mol. The largest absolute Gasteiger partial charge is 0.493 e. The number of halogens is 1. The summed E-state index contributed by atoms with van der Waals surface area (Å²) < 4.78 is 18.2. The van der Waals surface area contributed by atoms with E-state index in [1.807, 2.05) is 6.92 Å². The summed E-state index contributed by atoms with van der Waals surface area (Å²) in [6.45, 7) is 2.59. The number of ether oxygens (including phenoxy) is 1. The fourth-order valence-electron chi connectivity index (χ4n) is 1.54. The molecule has 2 unspecified atom stereocenters. The van der Waals surface area contributed by atoms with Crippen LogP contribution in [0, 0.1) is 11.7 Å². The molecule has 0 saturated carbocycles. The van der Waals surface area contributed by atoms with E-state index < -0.39 is 0 Å². The van der Waals surface area contributed by atoms with Crippen LogP contribution in [0.25, 0.3) is 0 Å². The maximum absolute atomic E-state index is 12.8. The minimum Gasteiger partial charge on any atom is -0.493 e. The quantitative estimate of drug-likeness (QED) is 0.663. The minimum atomic E-state index is -0.277. The highest BCUT2D eigenvalue weighted by molar-refractivity contribution is 5.38. The summed E-state index contributed by atoms with van der Waals surface area (Å²) in [5, 5.41) is 0. The van der Waals surface area contributed by atoms with Gasteiger partial charge in [0.2, 0.25) is 0 Å². The first kappa shape index (κ1) is 8.51. The molecule has 2 rings (SSSR count). The van der Waals surface area contributed by atoms with Crippen molar-refractivity contribution in [3.63, 3.8) is 0 Å². The predicted octanol–water partition coefficient (Wildman–Crippen LogP) is 1.85. The standard InChI is InChI=1S/C10H12FNO/c1-6-5-13-9-4-7(11)2-3-8(9)10(6)12/h2-4,6,10H,5,12H2,1H3. The van der Waals surface area contributed by atoms with Crippen LogP contribution in [-0.2, 0) is 0 Å². The Morgan fingerprint density at radius 1 is 1.54 bits per heavy atom. The fourth-order valence-corrected chi connectivity index (χ4v) is 1.54. The first-order valence-corrected chi connectivity index (χ1v) is 4.36. The van der Waals surface area contributed by atoms with Crippen molar-refractivity contribution >= 4 is 0 Å². The van der Waals surface area contributed by atoms with E-state index in [1.165, 1.54) is 12.1 Å². The predicted molar refractivity (Wildman–Crippen MR) is 48.0 cm³/mol. The molecule has 1 aliphatic rings. The molecule has 13 heavy (non-hydrogen) atoms. The van der Waals surface area contributed by atoms with E-state index in [0.29, 0.717) is 12.4 Å². The molecule has 3 heteroatoms. The third kappa shape index (κ3) is 1.40. The minimum absolute atomic E-state index is 0.0376. The van der Waals surface area contributed by atoms with Gasteiger partial charge in [-0.15, -0.1) is 0 Å². The molecule has 0 aliphatic carbocycles. The van der Waals surface area contributed by atoms with Crippen molar-refractivity contribution in [3.05, 3.63) is 29.6 Å². The van der Waals surface area contributed by atoms with Crippen molar-refractivity contribution in [1.29, 1.82) is 0 Å². The van der Waals surface area contributed by atoms with Crippen LogP contribution < -0.4 is 10.5 Å². The summed E-state index contributed by atoms with van der Waals surface area (Å²) in [6.07, 6.45) is 0. The lowest BCUT2D eigenvalue weighted by Gasteiger charge is -2.28. The lowest BCUT2D eigenvalue weighted by atomic mass is 9.93. The first-order chi connectivity index (χ1) is 6.18. The monoisotopic (exact) mass is 181 g/mol. The zero-order valence-corrected chi connectivity index (χ0v) is 7.46. The second-order valence-electron chi connectivity index (χ2n) is 3.50. The molecule has 0 fully saturated rings. The van der Waals surface area contributed by atoms with Gasteiger partial charge in [0.1, 0.15) is 11.6 Å². The van der Waals surface area contributed by atoms with Crippen molar-refractivity contribution in [2.24, 2.45) is 11.7 Å². The summed E-state index contributed by atoms with van der Waals surface area (Å²) in [5.41, 5.74) is 6.84. The molecule has 0 bridgehead atoms. The number of hydrogen-bond donors (Lipinski definition) is 1. The molecule has 2 nitrogen and oxygen atoms in total. The van der Waals surface area contributed by atoms with Crippen LogP contribution in [0.15, 0.2) is 18.2 Å². The van der Waals surface area contributed by atoms with Gasteiger partial charge in [0.05, 0.1) is 6.61 Å². The maximum atomic E-state index is 12.8. The number of benzene rings is 1. The van der Waals surface area contributed by atoms with Crippen LogP contribution in [0.4, 0.5) is 4.39 Å². The number of hydrogen-bond acceptors (Lipinski definition) is 2. The molecule has 2 N–H and O–H groups in total. The third-order valence-corrected chi connectivity index (χ3v) is 2.45. The van der Waals surface area contributed by atoms with Gasteiger partial charge < -0.3 is 10.5 Å². The van der Waals surface area contributed by atoms with Gasteiger partial charge in [0.25, 0.3) is 0 Å². The second-order valence-corrected chi connectivity index (χ2v) is 3.50. The zero-order valence-electron chi connectivity index (χ0n) is 7.46. The first-order valence-electron chi connectivity index (χ1n) is 4.36. The van der Waals surface area contributed by atoms with E-state index in [-0.39, 0.29) is 17.8 Å². The smallest absolute Gasteiger partial charge is 0.127 e. The summed E-state index contributed by atoms with van der Waals surface area (Å²) in [4.78, 5) is 0. The highest BCUT2D eigenvalue weighted by Crippen LogP contribution is 2.33. The van der Waals surface area contributed by atoms with Crippen molar-refractivity contribution in [2.75, 3.05) is 6.61 Å². The van der Waals surface area contributed by atoms with Crippen LogP contribution in [-0.4, -0.2) is 6.61 Å². The number of nitrogens with two attached hydrogens (primary N) is 1. The van der Waals surface area contributed by atoms with Gasteiger partial charge in [0.15, 0.2) is 0 Å². The molecule has 0 saturated heterocycles. The molecular formula is C10H12FNO. The van der Waals surface area contributed by atoms with Crippen molar-refractivity contribution < 1.29 is 9.13 Å². The van der Waals surface area contributed by atoms with Crippen molar-refractivity contribution in [2.45, 2.75) is 13.0 Å². The van der Waals surface area contributed by atoms with Gasteiger partial charge in [-0.25, -0.2) is 4.39 Å². The molecule has 2 atom stereocenters. The van der Waals surface area contributed by atoms with E-state index in [9.17, 15) is 4.39 Å². The molecule has 0 spiro atoms. The molecule has 1 aromatic carbocycles. The number of fused-ring (bicyclic) bond motifs is 1. The average molecular weight is 181 g/mol. The van der Waals surface area contributed by atoms with Gasteiger partial charge in [-0.2, -0.15) is 0 Å². The lowest BCUT2D eigenvalue weighted by molar-refractivity contribution is 0.206. The van der Waals surface area contributed by atoms with Gasteiger partial charge in [-0.1, -0.05) is 13.0 Å². The Bertz CT molecular complexity index is 327. The Morgan fingerprint density at radius 3 is 3.08 bits per heavy atom. The van der Waals surface area contributed by atoms with Crippen molar-refractivity contribution in [1.82, 2.24) is 0 Å². The van der Waals surface area contributed by atoms with E-state index >= 15 is 0 Å². The summed E-state index contributed by atoms with van der Waals surface area (Å²) >= 11 is 0. The fraction of sp³-hybridized carbons (Fsp3) is 0.400. The van der Waals surface area contributed by atoms with E-state index in [0.717, 1.165) is 5.56 Å². The Kier molecular flexibility index (Phi) is 1.96. The zero-order chi connectivity index (χ0) is 9.42. The van der Waals surface area contributed by atoms with Crippen molar-refractivity contribution in [3.8, 4) is 5.75 Å². The van der Waals surface area contributed by atoms with E-state index in [4.69, 9.17) is 10.5 Å². The van der Waals surface area contributed by atoms with Gasteiger partial charge in [-0.3, -0.25) is 0 Å². The maximum Gasteiger partial charge on any atom is 0.127 e. The van der Waals surface area contributed by atoms with Gasteiger partial charge >= 0.3 is 0 Å². The Balaban J connectivity index is 2.44.